The van der Waals surface area contributed by atoms with Crippen molar-refractivity contribution in [1.29, 1.82) is 0 Å². The molecule has 1 amide bonds. The minimum absolute atomic E-state index is 0.139. The van der Waals surface area contributed by atoms with Crippen LogP contribution < -0.4 is 5.32 Å². The van der Waals surface area contributed by atoms with E-state index in [2.05, 4.69) is 51.6 Å². The minimum Gasteiger partial charge on any atom is -0.321 e. The molecule has 1 aromatic heterocycles. The highest BCUT2D eigenvalue weighted by molar-refractivity contribution is 9.10. The van der Waals surface area contributed by atoms with Crippen LogP contribution in [0.2, 0.25) is 0 Å². The van der Waals surface area contributed by atoms with E-state index in [-0.39, 0.29) is 5.91 Å². The number of amides is 1. The van der Waals surface area contributed by atoms with Gasteiger partial charge in [0.2, 0.25) is 0 Å². The fraction of sp³-hybridized carbons (Fsp3) is 0. The highest BCUT2D eigenvalue weighted by Gasteiger charge is 2.11. The number of anilines is 1. The summed E-state index contributed by atoms with van der Waals surface area (Å²) in [4.78, 5) is 17.6. The fourth-order valence-corrected chi connectivity index (χ4v) is 3.97. The van der Waals surface area contributed by atoms with E-state index < -0.39 is 0 Å². The number of pyridine rings is 1. The number of para-hydroxylation sites is 1. The Bertz CT molecular complexity index is 1410. The van der Waals surface area contributed by atoms with Crippen LogP contribution in [0.3, 0.4) is 0 Å². The Balaban J connectivity index is 1.47. The second-order valence-electron chi connectivity index (χ2n) is 7.48. The van der Waals surface area contributed by atoms with Gasteiger partial charge in [0.25, 0.3) is 5.91 Å². The van der Waals surface area contributed by atoms with Gasteiger partial charge in [-0.3, -0.25) is 4.79 Å². The normalized spacial score (nSPS) is 10.8. The molecule has 1 heterocycles. The first-order chi connectivity index (χ1) is 15.7. The molecule has 0 saturated carbocycles. The van der Waals surface area contributed by atoms with Gasteiger partial charge in [-0.25, -0.2) is 4.98 Å². The van der Waals surface area contributed by atoms with Gasteiger partial charge in [0.15, 0.2) is 0 Å². The number of halogens is 1. The van der Waals surface area contributed by atoms with Crippen LogP contribution in [-0.2, 0) is 0 Å². The molecule has 3 nitrogen and oxygen atoms in total. The zero-order valence-corrected chi connectivity index (χ0v) is 18.7. The van der Waals surface area contributed by atoms with Crippen molar-refractivity contribution >= 4 is 38.4 Å². The van der Waals surface area contributed by atoms with Crippen molar-refractivity contribution in [2.24, 2.45) is 0 Å². The van der Waals surface area contributed by atoms with Crippen molar-refractivity contribution in [2.45, 2.75) is 0 Å². The Morgan fingerprint density at radius 1 is 0.719 bits per heavy atom. The lowest BCUT2D eigenvalue weighted by Crippen LogP contribution is -2.12. The number of nitrogens with one attached hydrogen (secondary N) is 1. The lowest BCUT2D eigenvalue weighted by atomic mass is 10.0. The third kappa shape index (κ3) is 4.18. The zero-order valence-electron chi connectivity index (χ0n) is 17.1. The standard InChI is InChI=1S/C28H19BrN2O/c29-23-14-10-20(11-15-23)28(32)31-27-9-5-4-8-24(27)21-12-16-26-22(18-21)13-17-25(30-26)19-6-2-1-3-7-19/h1-18H,(H,31,32). The molecule has 154 valence electrons. The third-order valence-corrected chi connectivity index (χ3v) is 5.88. The van der Waals surface area contributed by atoms with Gasteiger partial charge in [0.05, 0.1) is 11.2 Å². The van der Waals surface area contributed by atoms with E-state index >= 15 is 0 Å². The van der Waals surface area contributed by atoms with Crippen LogP contribution in [0.25, 0.3) is 33.3 Å². The molecule has 0 atom stereocenters. The van der Waals surface area contributed by atoms with Crippen LogP contribution in [0.4, 0.5) is 5.69 Å². The number of hydrogen-bond donors (Lipinski definition) is 1. The lowest BCUT2D eigenvalue weighted by Gasteiger charge is -2.12. The number of carbonyl (C=O) groups excluding carboxylic acids is 1. The van der Waals surface area contributed by atoms with Crippen molar-refractivity contribution in [2.75, 3.05) is 5.32 Å². The quantitative estimate of drug-likeness (QED) is 0.289. The van der Waals surface area contributed by atoms with Gasteiger partial charge in [-0.05, 0) is 54.1 Å². The van der Waals surface area contributed by atoms with E-state index in [1.165, 1.54) is 0 Å². The smallest absolute Gasteiger partial charge is 0.255 e. The molecule has 0 aliphatic heterocycles. The summed E-state index contributed by atoms with van der Waals surface area (Å²) in [5, 5.41) is 4.11. The Hall–Kier alpha value is -3.76. The largest absolute Gasteiger partial charge is 0.321 e. The lowest BCUT2D eigenvalue weighted by molar-refractivity contribution is 0.102. The number of fused-ring (bicyclic) bond motifs is 1. The van der Waals surface area contributed by atoms with Crippen LogP contribution in [0.15, 0.2) is 114 Å². The molecule has 0 aliphatic carbocycles. The average molecular weight is 479 g/mol. The molecule has 1 N–H and O–H groups in total. The number of rotatable bonds is 4. The van der Waals surface area contributed by atoms with Crippen molar-refractivity contribution < 1.29 is 4.79 Å². The molecule has 0 unspecified atom stereocenters. The van der Waals surface area contributed by atoms with Crippen molar-refractivity contribution in [3.05, 3.63) is 119 Å². The maximum atomic E-state index is 12.8. The summed E-state index contributed by atoms with van der Waals surface area (Å²) in [6.45, 7) is 0. The predicted molar refractivity (Wildman–Crippen MR) is 135 cm³/mol. The van der Waals surface area contributed by atoms with Crippen LogP contribution in [0, 0.1) is 0 Å². The summed E-state index contributed by atoms with van der Waals surface area (Å²) in [6, 6.07) is 35.7. The molecular formula is C28H19BrN2O. The van der Waals surface area contributed by atoms with Crippen LogP contribution in [-0.4, -0.2) is 10.9 Å². The number of benzene rings is 4. The SMILES string of the molecule is O=C(Nc1ccccc1-c1ccc2nc(-c3ccccc3)ccc2c1)c1ccc(Br)cc1. The van der Waals surface area contributed by atoms with Gasteiger partial charge in [0, 0.05) is 32.2 Å². The Morgan fingerprint density at radius 2 is 1.47 bits per heavy atom. The third-order valence-electron chi connectivity index (χ3n) is 5.35. The summed E-state index contributed by atoms with van der Waals surface area (Å²) in [5.41, 5.74) is 6.36. The molecule has 0 aliphatic rings. The highest BCUT2D eigenvalue weighted by Crippen LogP contribution is 2.31. The second-order valence-corrected chi connectivity index (χ2v) is 8.39. The molecule has 0 radical (unpaired) electrons. The average Bonchev–Trinajstić information content (AvgIpc) is 2.84. The van der Waals surface area contributed by atoms with Gasteiger partial charge in [0.1, 0.15) is 0 Å². The van der Waals surface area contributed by atoms with E-state index in [0.717, 1.165) is 43.4 Å². The minimum atomic E-state index is -0.139. The molecule has 5 aromatic rings. The summed E-state index contributed by atoms with van der Waals surface area (Å²) >= 11 is 3.40. The number of aromatic nitrogens is 1. The van der Waals surface area contributed by atoms with Gasteiger partial charge < -0.3 is 5.32 Å². The van der Waals surface area contributed by atoms with Crippen LogP contribution in [0.5, 0.6) is 0 Å². The molecule has 32 heavy (non-hydrogen) atoms. The number of hydrogen-bond acceptors (Lipinski definition) is 2. The molecule has 5 rings (SSSR count). The predicted octanol–water partition coefficient (Wildman–Crippen LogP) is 7.58. The molecular weight excluding hydrogens is 460 g/mol. The van der Waals surface area contributed by atoms with Gasteiger partial charge in [-0.15, -0.1) is 0 Å². The fourth-order valence-electron chi connectivity index (χ4n) is 3.70. The zero-order chi connectivity index (χ0) is 21.9. The van der Waals surface area contributed by atoms with Crippen molar-refractivity contribution in [3.63, 3.8) is 0 Å². The van der Waals surface area contributed by atoms with Crippen LogP contribution in [0.1, 0.15) is 10.4 Å². The Morgan fingerprint density at radius 3 is 2.28 bits per heavy atom. The highest BCUT2D eigenvalue weighted by atomic mass is 79.9. The van der Waals surface area contributed by atoms with Gasteiger partial charge >= 0.3 is 0 Å². The maximum Gasteiger partial charge on any atom is 0.255 e. The van der Waals surface area contributed by atoms with Crippen molar-refractivity contribution in [3.8, 4) is 22.4 Å². The monoisotopic (exact) mass is 478 g/mol. The molecule has 4 heteroatoms. The first-order valence-electron chi connectivity index (χ1n) is 10.3. The summed E-state index contributed by atoms with van der Waals surface area (Å²) in [5.74, 6) is -0.139. The van der Waals surface area contributed by atoms with Crippen LogP contribution >= 0.6 is 15.9 Å². The van der Waals surface area contributed by atoms with Gasteiger partial charge in [-0.1, -0.05) is 76.6 Å². The van der Waals surface area contributed by atoms with E-state index in [9.17, 15) is 4.79 Å². The Labute approximate surface area is 194 Å². The maximum absolute atomic E-state index is 12.8. The topological polar surface area (TPSA) is 42.0 Å². The number of nitrogens with zero attached hydrogens (tertiary/aromatic N) is 1. The van der Waals surface area contributed by atoms with E-state index in [0.29, 0.717) is 5.56 Å². The first-order valence-corrected chi connectivity index (χ1v) is 11.1. The number of carbonyl (C=O) groups is 1. The summed E-state index contributed by atoms with van der Waals surface area (Å²) in [7, 11) is 0. The molecule has 4 aromatic carbocycles. The molecule has 0 bridgehead atoms. The van der Waals surface area contributed by atoms with E-state index in [1.54, 1.807) is 12.1 Å². The summed E-state index contributed by atoms with van der Waals surface area (Å²) in [6.07, 6.45) is 0. The van der Waals surface area contributed by atoms with E-state index in [4.69, 9.17) is 4.98 Å². The molecule has 0 saturated heterocycles. The first kappa shape index (κ1) is 20.2. The Kier molecular flexibility index (Phi) is 5.53. The molecule has 0 spiro atoms. The van der Waals surface area contributed by atoms with Crippen molar-refractivity contribution in [1.82, 2.24) is 4.98 Å². The summed E-state index contributed by atoms with van der Waals surface area (Å²) < 4.78 is 0.939. The molecule has 0 fully saturated rings. The van der Waals surface area contributed by atoms with E-state index in [1.807, 2.05) is 66.7 Å². The van der Waals surface area contributed by atoms with Gasteiger partial charge in [-0.2, -0.15) is 0 Å². The second kappa shape index (κ2) is 8.77.